The second-order valence-corrected chi connectivity index (χ2v) is 7.28. The molecule has 0 amide bonds. The fraction of sp³-hybridized carbons (Fsp3) is 0. The molecule has 3 rings (SSSR count). The van der Waals surface area contributed by atoms with Crippen molar-refractivity contribution >= 4 is 52.3 Å². The van der Waals surface area contributed by atoms with Gasteiger partial charge in [-0.25, -0.2) is 4.79 Å². The van der Waals surface area contributed by atoms with E-state index in [1.54, 1.807) is 29.6 Å². The van der Waals surface area contributed by atoms with Gasteiger partial charge in [0.05, 0.1) is 5.56 Å². The molecule has 6 heteroatoms. The van der Waals surface area contributed by atoms with E-state index in [0.717, 1.165) is 9.79 Å². The van der Waals surface area contributed by atoms with Crippen molar-refractivity contribution in [1.82, 2.24) is 0 Å². The fourth-order valence-corrected chi connectivity index (χ4v) is 3.95. The maximum Gasteiger partial charge on any atom is 0.345 e. The molecule has 0 radical (unpaired) electrons. The smallest absolute Gasteiger partial charge is 0.345 e. The first-order chi connectivity index (χ1) is 11.1. The third kappa shape index (κ3) is 4.30. The van der Waals surface area contributed by atoms with E-state index in [-0.39, 0.29) is 5.97 Å². The van der Waals surface area contributed by atoms with Crippen molar-refractivity contribution in [3.05, 3.63) is 74.9 Å². The Morgan fingerprint density at radius 2 is 1.52 bits per heavy atom. The molecule has 3 aromatic rings. The lowest BCUT2D eigenvalue weighted by Gasteiger charge is -2.06. The molecule has 0 saturated heterocycles. The molecule has 0 aliphatic carbocycles. The van der Waals surface area contributed by atoms with Crippen molar-refractivity contribution in [2.75, 3.05) is 0 Å². The van der Waals surface area contributed by atoms with Gasteiger partial charge in [0.2, 0.25) is 0 Å². The van der Waals surface area contributed by atoms with Gasteiger partial charge in [0.15, 0.2) is 0 Å². The molecule has 2 aromatic carbocycles. The number of halogens is 2. The van der Waals surface area contributed by atoms with E-state index in [9.17, 15) is 4.79 Å². The highest BCUT2D eigenvalue weighted by Crippen LogP contribution is 2.34. The molecule has 0 unspecified atom stereocenters. The Balaban J connectivity index is 1.75. The van der Waals surface area contributed by atoms with Gasteiger partial charge in [-0.3, -0.25) is 0 Å². The standard InChI is InChI=1S/C17H10Cl2O2S2/c18-11-1-5-13(6-2-11)21-17(20)15-9-22-10-16(15)23-14-7-3-12(19)4-8-14/h1-10H. The van der Waals surface area contributed by atoms with Crippen molar-refractivity contribution < 1.29 is 9.53 Å². The molecular formula is C17H10Cl2O2S2. The number of ether oxygens (including phenoxy) is 1. The number of carbonyl (C=O) groups excluding carboxylic acids is 1. The predicted molar refractivity (Wildman–Crippen MR) is 96.3 cm³/mol. The molecule has 0 N–H and O–H groups in total. The van der Waals surface area contributed by atoms with Gasteiger partial charge >= 0.3 is 5.97 Å². The minimum atomic E-state index is -0.384. The average Bonchev–Trinajstić information content (AvgIpc) is 3.00. The van der Waals surface area contributed by atoms with E-state index in [1.807, 2.05) is 29.6 Å². The zero-order chi connectivity index (χ0) is 16.2. The highest BCUT2D eigenvalue weighted by Gasteiger charge is 2.16. The average molecular weight is 381 g/mol. The Morgan fingerprint density at radius 1 is 0.913 bits per heavy atom. The molecule has 0 spiro atoms. The SMILES string of the molecule is O=C(Oc1ccc(Cl)cc1)c1cscc1Sc1ccc(Cl)cc1. The maximum atomic E-state index is 12.3. The van der Waals surface area contributed by atoms with Gasteiger partial charge in [0, 0.05) is 30.6 Å². The van der Waals surface area contributed by atoms with Crippen LogP contribution in [0.25, 0.3) is 0 Å². The molecule has 0 bridgehead atoms. The van der Waals surface area contributed by atoms with Crippen molar-refractivity contribution in [1.29, 1.82) is 0 Å². The fourth-order valence-electron chi connectivity index (χ4n) is 1.81. The van der Waals surface area contributed by atoms with Crippen LogP contribution in [-0.4, -0.2) is 5.97 Å². The largest absolute Gasteiger partial charge is 0.423 e. The molecule has 0 fully saturated rings. The third-order valence-electron chi connectivity index (χ3n) is 2.91. The Kier molecular flexibility index (Phi) is 5.28. The van der Waals surface area contributed by atoms with Crippen LogP contribution in [0, 0.1) is 0 Å². The molecule has 0 atom stereocenters. The third-order valence-corrected chi connectivity index (χ3v) is 5.37. The minimum absolute atomic E-state index is 0.384. The molecule has 23 heavy (non-hydrogen) atoms. The highest BCUT2D eigenvalue weighted by atomic mass is 35.5. The van der Waals surface area contributed by atoms with Crippen LogP contribution in [0.3, 0.4) is 0 Å². The van der Waals surface area contributed by atoms with Gasteiger partial charge in [0.25, 0.3) is 0 Å². The lowest BCUT2D eigenvalue weighted by atomic mass is 10.3. The first kappa shape index (κ1) is 16.4. The van der Waals surface area contributed by atoms with Gasteiger partial charge in [-0.2, -0.15) is 11.3 Å². The zero-order valence-electron chi connectivity index (χ0n) is 11.7. The maximum absolute atomic E-state index is 12.3. The molecular weight excluding hydrogens is 371 g/mol. The molecule has 2 nitrogen and oxygen atoms in total. The van der Waals surface area contributed by atoms with Crippen LogP contribution in [0.1, 0.15) is 10.4 Å². The van der Waals surface area contributed by atoms with Gasteiger partial charge in [-0.05, 0) is 48.5 Å². The molecule has 0 saturated carbocycles. The van der Waals surface area contributed by atoms with Crippen LogP contribution in [-0.2, 0) is 0 Å². The summed E-state index contributed by atoms with van der Waals surface area (Å²) in [4.78, 5) is 14.2. The van der Waals surface area contributed by atoms with Crippen molar-refractivity contribution in [3.63, 3.8) is 0 Å². The first-order valence-corrected chi connectivity index (χ1v) is 9.11. The summed E-state index contributed by atoms with van der Waals surface area (Å²) in [5.41, 5.74) is 0.546. The summed E-state index contributed by atoms with van der Waals surface area (Å²) in [6, 6.07) is 14.2. The second kappa shape index (κ2) is 7.41. The summed E-state index contributed by atoms with van der Waals surface area (Å²) in [5, 5.41) is 5.00. The molecule has 1 heterocycles. The summed E-state index contributed by atoms with van der Waals surface area (Å²) in [5.74, 6) is 0.0816. The second-order valence-electron chi connectivity index (χ2n) is 4.55. The summed E-state index contributed by atoms with van der Waals surface area (Å²) < 4.78 is 5.39. The number of thiophene rings is 1. The van der Waals surface area contributed by atoms with Gasteiger partial charge < -0.3 is 4.74 Å². The summed E-state index contributed by atoms with van der Waals surface area (Å²) in [6.07, 6.45) is 0. The zero-order valence-corrected chi connectivity index (χ0v) is 14.8. The number of carbonyl (C=O) groups is 1. The normalized spacial score (nSPS) is 10.5. The minimum Gasteiger partial charge on any atom is -0.423 e. The molecule has 116 valence electrons. The summed E-state index contributed by atoms with van der Waals surface area (Å²) >= 11 is 14.7. The molecule has 0 aliphatic heterocycles. The van der Waals surface area contributed by atoms with Gasteiger partial charge in [-0.15, -0.1) is 0 Å². The van der Waals surface area contributed by atoms with E-state index in [1.165, 1.54) is 23.1 Å². The van der Waals surface area contributed by atoms with Gasteiger partial charge in [-0.1, -0.05) is 35.0 Å². The van der Waals surface area contributed by atoms with Crippen LogP contribution in [0.4, 0.5) is 0 Å². The highest BCUT2D eigenvalue weighted by molar-refractivity contribution is 7.99. The lowest BCUT2D eigenvalue weighted by molar-refractivity contribution is 0.0732. The number of esters is 1. The van der Waals surface area contributed by atoms with Crippen molar-refractivity contribution in [3.8, 4) is 5.75 Å². The van der Waals surface area contributed by atoms with E-state index in [0.29, 0.717) is 21.4 Å². The van der Waals surface area contributed by atoms with Crippen LogP contribution in [0.15, 0.2) is 69.1 Å². The van der Waals surface area contributed by atoms with Crippen molar-refractivity contribution in [2.45, 2.75) is 9.79 Å². The van der Waals surface area contributed by atoms with Crippen LogP contribution >= 0.6 is 46.3 Å². The number of rotatable bonds is 4. The van der Waals surface area contributed by atoms with Gasteiger partial charge in [0.1, 0.15) is 5.75 Å². The van der Waals surface area contributed by atoms with E-state index >= 15 is 0 Å². The van der Waals surface area contributed by atoms with Crippen molar-refractivity contribution in [2.24, 2.45) is 0 Å². The van der Waals surface area contributed by atoms with Crippen LogP contribution < -0.4 is 4.74 Å². The van der Waals surface area contributed by atoms with Crippen LogP contribution in [0.2, 0.25) is 10.0 Å². The predicted octanol–water partition coefficient (Wildman–Crippen LogP) is 6.43. The number of hydrogen-bond acceptors (Lipinski definition) is 4. The van der Waals surface area contributed by atoms with E-state index in [2.05, 4.69) is 0 Å². The Labute approximate surface area is 152 Å². The quantitative estimate of drug-likeness (QED) is 0.385. The molecule has 1 aromatic heterocycles. The lowest BCUT2D eigenvalue weighted by Crippen LogP contribution is -2.08. The topological polar surface area (TPSA) is 26.3 Å². The first-order valence-electron chi connectivity index (χ1n) is 6.59. The van der Waals surface area contributed by atoms with E-state index < -0.39 is 0 Å². The Morgan fingerprint density at radius 3 is 2.17 bits per heavy atom. The number of benzene rings is 2. The van der Waals surface area contributed by atoms with E-state index in [4.69, 9.17) is 27.9 Å². The Hall–Kier alpha value is -1.46. The number of hydrogen-bond donors (Lipinski definition) is 0. The van der Waals surface area contributed by atoms with Crippen LogP contribution in [0.5, 0.6) is 5.75 Å². The summed E-state index contributed by atoms with van der Waals surface area (Å²) in [7, 11) is 0. The summed E-state index contributed by atoms with van der Waals surface area (Å²) in [6.45, 7) is 0. The monoisotopic (exact) mass is 380 g/mol. The Bertz CT molecular complexity index is 811. The molecule has 0 aliphatic rings.